The third kappa shape index (κ3) is 2.72. The zero-order valence-electron chi connectivity index (χ0n) is 11.9. The molecule has 3 aromatic heterocycles. The first-order chi connectivity index (χ1) is 10.3. The number of fused-ring (bicyclic) bond motifs is 1. The van der Waals surface area contributed by atoms with Crippen LogP contribution < -0.4 is 4.90 Å². The van der Waals surface area contributed by atoms with Crippen LogP contribution in [0.1, 0.15) is 18.2 Å². The Morgan fingerprint density at radius 2 is 2.00 bits per heavy atom. The summed E-state index contributed by atoms with van der Waals surface area (Å²) in [4.78, 5) is 11.0. The van der Waals surface area contributed by atoms with Gasteiger partial charge in [-0.1, -0.05) is 6.07 Å². The lowest BCUT2D eigenvalue weighted by Gasteiger charge is -2.21. The fourth-order valence-electron chi connectivity index (χ4n) is 2.46. The first-order valence-electron chi connectivity index (χ1n) is 6.99. The molecular formula is C16H17ClN4. The average molecular weight is 301 g/mol. The maximum absolute atomic E-state index is 6.16. The van der Waals surface area contributed by atoms with Crippen LogP contribution in [0, 0.1) is 0 Å². The first kappa shape index (κ1) is 13.9. The minimum absolute atomic E-state index is 0.438. The van der Waals surface area contributed by atoms with Gasteiger partial charge in [-0.15, -0.1) is 11.6 Å². The van der Waals surface area contributed by atoms with Crippen LogP contribution in [0.25, 0.3) is 5.65 Å². The van der Waals surface area contributed by atoms with Gasteiger partial charge in [0.15, 0.2) is 5.82 Å². The molecule has 0 radical (unpaired) electrons. The maximum Gasteiger partial charge on any atom is 0.152 e. The number of rotatable bonds is 5. The standard InChI is InChI=1S/C16H17ClN4/c1-2-20(12-13-6-8-18-9-7-13)16-14(11-17)21-10-4-3-5-15(21)19-16/h3-10H,2,11-12H2,1H3. The summed E-state index contributed by atoms with van der Waals surface area (Å²) in [5.74, 6) is 1.39. The van der Waals surface area contributed by atoms with Gasteiger partial charge < -0.3 is 9.30 Å². The molecule has 0 saturated carbocycles. The van der Waals surface area contributed by atoms with Crippen LogP contribution in [0.3, 0.4) is 0 Å². The number of pyridine rings is 2. The van der Waals surface area contributed by atoms with E-state index in [1.165, 1.54) is 5.56 Å². The molecular weight excluding hydrogens is 284 g/mol. The van der Waals surface area contributed by atoms with Crippen LogP contribution in [0.15, 0.2) is 48.9 Å². The Kier molecular flexibility index (Phi) is 4.06. The summed E-state index contributed by atoms with van der Waals surface area (Å²) < 4.78 is 2.05. The van der Waals surface area contributed by atoms with Crippen LogP contribution in [-0.4, -0.2) is 20.9 Å². The van der Waals surface area contributed by atoms with Crippen LogP contribution >= 0.6 is 11.6 Å². The number of hydrogen-bond acceptors (Lipinski definition) is 3. The average Bonchev–Trinajstić information content (AvgIpc) is 2.92. The molecule has 3 heterocycles. The van der Waals surface area contributed by atoms with E-state index in [1.807, 2.05) is 48.9 Å². The molecule has 0 N–H and O–H groups in total. The zero-order chi connectivity index (χ0) is 14.7. The minimum Gasteiger partial charge on any atom is -0.351 e. The lowest BCUT2D eigenvalue weighted by molar-refractivity contribution is 0.810. The summed E-state index contributed by atoms with van der Waals surface area (Å²) in [6.07, 6.45) is 5.63. The summed E-state index contributed by atoms with van der Waals surface area (Å²) in [5, 5.41) is 0. The molecule has 0 bridgehead atoms. The molecule has 0 aliphatic heterocycles. The van der Waals surface area contributed by atoms with Gasteiger partial charge in [-0.05, 0) is 36.8 Å². The topological polar surface area (TPSA) is 33.4 Å². The minimum atomic E-state index is 0.438. The van der Waals surface area contributed by atoms with E-state index in [4.69, 9.17) is 16.6 Å². The Bertz CT molecular complexity index is 723. The van der Waals surface area contributed by atoms with Crippen LogP contribution in [0.4, 0.5) is 5.82 Å². The Labute approximate surface area is 129 Å². The molecule has 21 heavy (non-hydrogen) atoms. The summed E-state index contributed by atoms with van der Waals surface area (Å²) in [6.45, 7) is 3.80. The van der Waals surface area contributed by atoms with E-state index in [0.29, 0.717) is 5.88 Å². The number of hydrogen-bond donors (Lipinski definition) is 0. The quantitative estimate of drug-likeness (QED) is 0.676. The molecule has 0 aromatic carbocycles. The third-order valence-corrected chi connectivity index (χ3v) is 3.79. The molecule has 3 rings (SSSR count). The molecule has 0 aliphatic carbocycles. The van der Waals surface area contributed by atoms with Gasteiger partial charge in [0.2, 0.25) is 0 Å². The van der Waals surface area contributed by atoms with E-state index in [2.05, 4.69) is 21.2 Å². The van der Waals surface area contributed by atoms with E-state index in [0.717, 1.165) is 30.2 Å². The van der Waals surface area contributed by atoms with Gasteiger partial charge in [0.25, 0.3) is 0 Å². The van der Waals surface area contributed by atoms with E-state index in [-0.39, 0.29) is 0 Å². The summed E-state index contributed by atoms with van der Waals surface area (Å²) >= 11 is 6.16. The molecule has 5 heteroatoms. The molecule has 108 valence electrons. The van der Waals surface area contributed by atoms with Gasteiger partial charge in [-0.25, -0.2) is 4.98 Å². The normalized spacial score (nSPS) is 11.0. The van der Waals surface area contributed by atoms with Gasteiger partial charge in [-0.3, -0.25) is 4.98 Å². The van der Waals surface area contributed by atoms with Crippen LogP contribution in [0.5, 0.6) is 0 Å². The number of alkyl halides is 1. The van der Waals surface area contributed by atoms with Crippen molar-refractivity contribution in [3.05, 3.63) is 60.2 Å². The highest BCUT2D eigenvalue weighted by Crippen LogP contribution is 2.24. The molecule has 4 nitrogen and oxygen atoms in total. The van der Waals surface area contributed by atoms with Crippen molar-refractivity contribution >= 4 is 23.1 Å². The predicted molar refractivity (Wildman–Crippen MR) is 85.7 cm³/mol. The molecule has 0 saturated heterocycles. The van der Waals surface area contributed by atoms with Crippen LogP contribution in [-0.2, 0) is 12.4 Å². The number of nitrogens with zero attached hydrogens (tertiary/aromatic N) is 4. The summed E-state index contributed by atoms with van der Waals surface area (Å²) in [5.41, 5.74) is 3.17. The van der Waals surface area contributed by atoms with Crippen molar-refractivity contribution in [2.45, 2.75) is 19.3 Å². The molecule has 0 atom stereocenters. The Morgan fingerprint density at radius 1 is 1.19 bits per heavy atom. The molecule has 3 aromatic rings. The Morgan fingerprint density at radius 3 is 2.71 bits per heavy atom. The number of halogens is 1. The van der Waals surface area contributed by atoms with Crippen molar-refractivity contribution in [2.24, 2.45) is 0 Å². The van der Waals surface area contributed by atoms with E-state index >= 15 is 0 Å². The zero-order valence-corrected chi connectivity index (χ0v) is 12.7. The second-order valence-electron chi connectivity index (χ2n) is 4.81. The smallest absolute Gasteiger partial charge is 0.152 e. The fraction of sp³-hybridized carbons (Fsp3) is 0.250. The van der Waals surface area contributed by atoms with Crippen molar-refractivity contribution in [3.63, 3.8) is 0 Å². The molecule has 0 unspecified atom stereocenters. The third-order valence-electron chi connectivity index (χ3n) is 3.54. The second-order valence-corrected chi connectivity index (χ2v) is 5.08. The highest BCUT2D eigenvalue weighted by molar-refractivity contribution is 6.17. The largest absolute Gasteiger partial charge is 0.351 e. The second kappa shape index (κ2) is 6.14. The Balaban J connectivity index is 2.00. The van der Waals surface area contributed by atoms with Gasteiger partial charge >= 0.3 is 0 Å². The van der Waals surface area contributed by atoms with Crippen molar-refractivity contribution in [2.75, 3.05) is 11.4 Å². The summed E-state index contributed by atoms with van der Waals surface area (Å²) in [7, 11) is 0. The van der Waals surface area contributed by atoms with Gasteiger partial charge in [0.05, 0.1) is 11.6 Å². The summed E-state index contributed by atoms with van der Waals surface area (Å²) in [6, 6.07) is 10.0. The first-order valence-corrected chi connectivity index (χ1v) is 7.52. The molecule has 0 fully saturated rings. The van der Waals surface area contributed by atoms with Gasteiger partial charge in [0.1, 0.15) is 5.65 Å². The molecule has 0 amide bonds. The Hall–Kier alpha value is -2.07. The van der Waals surface area contributed by atoms with Gasteiger partial charge in [-0.2, -0.15) is 0 Å². The molecule has 0 spiro atoms. The highest BCUT2D eigenvalue weighted by Gasteiger charge is 2.16. The van der Waals surface area contributed by atoms with E-state index in [9.17, 15) is 0 Å². The number of imidazole rings is 1. The van der Waals surface area contributed by atoms with Crippen molar-refractivity contribution < 1.29 is 0 Å². The van der Waals surface area contributed by atoms with Crippen molar-refractivity contribution in [1.29, 1.82) is 0 Å². The number of anilines is 1. The lowest BCUT2D eigenvalue weighted by atomic mass is 10.2. The fourth-order valence-corrected chi connectivity index (χ4v) is 2.70. The van der Waals surface area contributed by atoms with E-state index in [1.54, 1.807) is 0 Å². The molecule has 0 aliphatic rings. The van der Waals surface area contributed by atoms with Gasteiger partial charge in [0, 0.05) is 31.7 Å². The number of aromatic nitrogens is 3. The van der Waals surface area contributed by atoms with Crippen LogP contribution in [0.2, 0.25) is 0 Å². The monoisotopic (exact) mass is 300 g/mol. The van der Waals surface area contributed by atoms with Crippen molar-refractivity contribution in [1.82, 2.24) is 14.4 Å². The van der Waals surface area contributed by atoms with E-state index < -0.39 is 0 Å². The predicted octanol–water partition coefficient (Wildman–Crippen LogP) is 3.49. The lowest BCUT2D eigenvalue weighted by Crippen LogP contribution is -2.23. The SMILES string of the molecule is CCN(Cc1ccncc1)c1nc2ccccn2c1CCl. The maximum atomic E-state index is 6.16. The van der Waals surface area contributed by atoms with Crippen molar-refractivity contribution in [3.8, 4) is 0 Å². The highest BCUT2D eigenvalue weighted by atomic mass is 35.5.